The molecule has 0 aliphatic heterocycles. The van der Waals surface area contributed by atoms with Gasteiger partial charge in [0.15, 0.2) is 0 Å². The lowest BCUT2D eigenvalue weighted by molar-refractivity contribution is -0.120. The van der Waals surface area contributed by atoms with E-state index in [1.807, 2.05) is 0 Å². The normalized spacial score (nSPS) is 18.1. The average molecular weight is 198 g/mol. The summed E-state index contributed by atoms with van der Waals surface area (Å²) in [7, 11) is 1.68. The summed E-state index contributed by atoms with van der Waals surface area (Å²) >= 11 is 0. The van der Waals surface area contributed by atoms with Crippen molar-refractivity contribution in [2.75, 3.05) is 20.1 Å². The highest BCUT2D eigenvalue weighted by Gasteiger charge is 2.12. The molecule has 1 saturated carbocycles. The fourth-order valence-electron chi connectivity index (χ4n) is 2.02. The summed E-state index contributed by atoms with van der Waals surface area (Å²) in [6.07, 6.45) is 7.53. The van der Waals surface area contributed by atoms with Gasteiger partial charge in [0.1, 0.15) is 0 Å². The maximum Gasteiger partial charge on any atom is 0.221 e. The van der Waals surface area contributed by atoms with E-state index in [2.05, 4.69) is 10.6 Å². The highest BCUT2D eigenvalue weighted by Crippen LogP contribution is 2.22. The first kappa shape index (κ1) is 11.5. The molecule has 2 N–H and O–H groups in total. The predicted octanol–water partition coefficient (Wildman–Crippen LogP) is 1.29. The minimum absolute atomic E-state index is 0.126. The smallest absolute Gasteiger partial charge is 0.221 e. The Morgan fingerprint density at radius 2 is 2.00 bits per heavy atom. The first-order valence-electron chi connectivity index (χ1n) is 5.74. The maximum absolute atomic E-state index is 10.9. The minimum Gasteiger partial charge on any atom is -0.359 e. The Labute approximate surface area is 86.6 Å². The molecule has 3 heteroatoms. The van der Waals surface area contributed by atoms with Crippen LogP contribution < -0.4 is 10.6 Å². The van der Waals surface area contributed by atoms with E-state index < -0.39 is 0 Å². The van der Waals surface area contributed by atoms with E-state index in [1.54, 1.807) is 7.05 Å². The Morgan fingerprint density at radius 1 is 1.29 bits per heavy atom. The summed E-state index contributed by atoms with van der Waals surface area (Å²) in [5.74, 6) is 0.981. The van der Waals surface area contributed by atoms with Crippen LogP contribution in [0.5, 0.6) is 0 Å². The van der Waals surface area contributed by atoms with Gasteiger partial charge in [0.25, 0.3) is 0 Å². The highest BCUT2D eigenvalue weighted by atomic mass is 16.1. The summed E-state index contributed by atoms with van der Waals surface area (Å²) in [4.78, 5) is 10.9. The fourth-order valence-corrected chi connectivity index (χ4v) is 2.02. The van der Waals surface area contributed by atoms with Crippen LogP contribution in [0.1, 0.15) is 38.5 Å². The maximum atomic E-state index is 10.9. The van der Waals surface area contributed by atoms with Gasteiger partial charge in [-0.2, -0.15) is 0 Å². The molecule has 1 fully saturated rings. The molecular formula is C11H22N2O. The van der Waals surface area contributed by atoms with Crippen molar-refractivity contribution >= 4 is 5.91 Å². The summed E-state index contributed by atoms with van der Waals surface area (Å²) in [5, 5.41) is 5.98. The topological polar surface area (TPSA) is 41.1 Å². The van der Waals surface area contributed by atoms with Crippen molar-refractivity contribution in [3.05, 3.63) is 0 Å². The number of nitrogens with one attached hydrogen (secondary N) is 2. The van der Waals surface area contributed by atoms with E-state index in [4.69, 9.17) is 0 Å². The largest absolute Gasteiger partial charge is 0.359 e. The van der Waals surface area contributed by atoms with Gasteiger partial charge >= 0.3 is 0 Å². The Bertz CT molecular complexity index is 165. The van der Waals surface area contributed by atoms with Crippen LogP contribution in [0.4, 0.5) is 0 Å². The molecule has 1 amide bonds. The third-order valence-corrected chi connectivity index (χ3v) is 2.97. The minimum atomic E-state index is 0.126. The van der Waals surface area contributed by atoms with Gasteiger partial charge in [-0.25, -0.2) is 0 Å². The van der Waals surface area contributed by atoms with Crippen LogP contribution in [0, 0.1) is 5.92 Å². The molecule has 1 aliphatic rings. The number of hydrogen-bond acceptors (Lipinski definition) is 2. The van der Waals surface area contributed by atoms with Gasteiger partial charge < -0.3 is 10.6 Å². The summed E-state index contributed by atoms with van der Waals surface area (Å²) in [5.41, 5.74) is 0. The van der Waals surface area contributed by atoms with Crippen molar-refractivity contribution in [1.29, 1.82) is 0 Å². The SMILES string of the molecule is CNC(=O)CCNCC1CCCCC1. The van der Waals surface area contributed by atoms with Gasteiger partial charge in [0, 0.05) is 20.0 Å². The molecule has 0 radical (unpaired) electrons. The van der Waals surface area contributed by atoms with Crippen molar-refractivity contribution in [3.63, 3.8) is 0 Å². The number of rotatable bonds is 5. The van der Waals surface area contributed by atoms with Crippen molar-refractivity contribution in [3.8, 4) is 0 Å². The highest BCUT2D eigenvalue weighted by molar-refractivity contribution is 5.75. The predicted molar refractivity (Wildman–Crippen MR) is 58.1 cm³/mol. The van der Waals surface area contributed by atoms with E-state index in [1.165, 1.54) is 32.1 Å². The third-order valence-electron chi connectivity index (χ3n) is 2.97. The Kier molecular flexibility index (Phi) is 5.60. The van der Waals surface area contributed by atoms with Crippen LogP contribution in [-0.2, 0) is 4.79 Å². The third kappa shape index (κ3) is 4.61. The Morgan fingerprint density at radius 3 is 2.64 bits per heavy atom. The van der Waals surface area contributed by atoms with Gasteiger partial charge in [0.2, 0.25) is 5.91 Å². The summed E-state index contributed by atoms with van der Waals surface area (Å²) in [6, 6.07) is 0. The van der Waals surface area contributed by atoms with Crippen LogP contribution in [-0.4, -0.2) is 26.0 Å². The first-order valence-corrected chi connectivity index (χ1v) is 5.74. The molecule has 0 atom stereocenters. The molecule has 0 bridgehead atoms. The van der Waals surface area contributed by atoms with Crippen molar-refractivity contribution < 1.29 is 4.79 Å². The average Bonchev–Trinajstić information content (AvgIpc) is 2.25. The molecule has 0 spiro atoms. The van der Waals surface area contributed by atoms with Crippen molar-refractivity contribution in [2.24, 2.45) is 5.92 Å². The molecule has 1 rings (SSSR count). The summed E-state index contributed by atoms with van der Waals surface area (Å²) < 4.78 is 0. The van der Waals surface area contributed by atoms with Crippen molar-refractivity contribution in [1.82, 2.24) is 10.6 Å². The molecule has 0 saturated heterocycles. The van der Waals surface area contributed by atoms with Crippen LogP contribution >= 0.6 is 0 Å². The zero-order valence-electron chi connectivity index (χ0n) is 9.14. The zero-order valence-corrected chi connectivity index (χ0v) is 9.14. The zero-order chi connectivity index (χ0) is 10.2. The van der Waals surface area contributed by atoms with Gasteiger partial charge in [-0.1, -0.05) is 19.3 Å². The lowest BCUT2D eigenvalue weighted by Gasteiger charge is -2.21. The molecular weight excluding hydrogens is 176 g/mol. The van der Waals surface area contributed by atoms with Crippen LogP contribution in [0.3, 0.4) is 0 Å². The number of carbonyl (C=O) groups is 1. The van der Waals surface area contributed by atoms with E-state index in [0.717, 1.165) is 19.0 Å². The standard InChI is InChI=1S/C11H22N2O/c1-12-11(14)7-8-13-9-10-5-3-2-4-6-10/h10,13H,2-9H2,1H3,(H,12,14). The molecule has 82 valence electrons. The van der Waals surface area contributed by atoms with Gasteiger partial charge in [-0.3, -0.25) is 4.79 Å². The second kappa shape index (κ2) is 6.82. The van der Waals surface area contributed by atoms with E-state index in [0.29, 0.717) is 6.42 Å². The summed E-state index contributed by atoms with van der Waals surface area (Å²) in [6.45, 7) is 1.91. The van der Waals surface area contributed by atoms with Gasteiger partial charge in [-0.15, -0.1) is 0 Å². The quantitative estimate of drug-likeness (QED) is 0.654. The fraction of sp³-hybridized carbons (Fsp3) is 0.909. The van der Waals surface area contributed by atoms with Gasteiger partial charge in [-0.05, 0) is 25.3 Å². The number of amides is 1. The van der Waals surface area contributed by atoms with Crippen LogP contribution in [0.15, 0.2) is 0 Å². The molecule has 1 aliphatic carbocycles. The number of carbonyl (C=O) groups excluding carboxylic acids is 1. The van der Waals surface area contributed by atoms with Crippen molar-refractivity contribution in [2.45, 2.75) is 38.5 Å². The lowest BCUT2D eigenvalue weighted by atomic mass is 9.89. The second-order valence-electron chi connectivity index (χ2n) is 4.13. The van der Waals surface area contributed by atoms with Crippen LogP contribution in [0.2, 0.25) is 0 Å². The van der Waals surface area contributed by atoms with E-state index in [9.17, 15) is 4.79 Å². The molecule has 0 heterocycles. The van der Waals surface area contributed by atoms with Crippen LogP contribution in [0.25, 0.3) is 0 Å². The monoisotopic (exact) mass is 198 g/mol. The first-order chi connectivity index (χ1) is 6.83. The molecule has 0 aromatic rings. The molecule has 0 unspecified atom stereocenters. The second-order valence-corrected chi connectivity index (χ2v) is 4.13. The molecule has 0 aromatic heterocycles. The molecule has 14 heavy (non-hydrogen) atoms. The van der Waals surface area contributed by atoms with E-state index >= 15 is 0 Å². The molecule has 3 nitrogen and oxygen atoms in total. The lowest BCUT2D eigenvalue weighted by Crippen LogP contribution is -2.29. The molecule has 0 aromatic carbocycles. The number of hydrogen-bond donors (Lipinski definition) is 2. The Balaban J connectivity index is 1.94. The van der Waals surface area contributed by atoms with Gasteiger partial charge in [0.05, 0.1) is 0 Å². The van der Waals surface area contributed by atoms with E-state index in [-0.39, 0.29) is 5.91 Å². The Hall–Kier alpha value is -0.570.